The third-order valence-electron chi connectivity index (χ3n) is 4.80. The van der Waals surface area contributed by atoms with Crippen molar-refractivity contribution in [3.63, 3.8) is 0 Å². The van der Waals surface area contributed by atoms with Crippen LogP contribution in [0.15, 0.2) is 95.5 Å². The first-order valence-corrected chi connectivity index (χ1v) is 11.3. The third kappa shape index (κ3) is 7.67. The van der Waals surface area contributed by atoms with E-state index < -0.39 is 24.3 Å². The number of carbonyl (C=O) groups excluding carboxylic acids is 1. The van der Waals surface area contributed by atoms with E-state index in [0.717, 1.165) is 6.08 Å². The molecule has 0 spiro atoms. The number of aromatic hydroxyl groups is 1. The summed E-state index contributed by atoms with van der Waals surface area (Å²) in [7, 11) is 0. The lowest BCUT2D eigenvalue weighted by Crippen LogP contribution is -2.31. The van der Waals surface area contributed by atoms with Crippen molar-refractivity contribution < 1.29 is 29.3 Å². The number of para-hydroxylation sites is 2. The van der Waals surface area contributed by atoms with Gasteiger partial charge < -0.3 is 19.7 Å². The lowest BCUT2D eigenvalue weighted by atomic mass is 9.99. The number of aliphatic carboxylic acids is 1. The van der Waals surface area contributed by atoms with Crippen molar-refractivity contribution >= 4 is 33.7 Å². The number of phenols is 1. The number of benzene rings is 3. The molecule has 0 heterocycles. The molecule has 0 bridgehead atoms. The predicted octanol–water partition coefficient (Wildman–Crippen LogP) is 6.31. The number of hydrogen-bond acceptors (Lipinski definition) is 5. The van der Waals surface area contributed by atoms with Crippen LogP contribution < -0.4 is 10.1 Å². The van der Waals surface area contributed by atoms with Gasteiger partial charge >= 0.3 is 12.1 Å². The molecule has 176 valence electrons. The average molecular weight is 526 g/mol. The summed E-state index contributed by atoms with van der Waals surface area (Å²) in [5.74, 6) is -0.579. The maximum absolute atomic E-state index is 12.8. The molecule has 7 nitrogen and oxygen atoms in total. The third-order valence-corrected chi connectivity index (χ3v) is 5.29. The summed E-state index contributed by atoms with van der Waals surface area (Å²) < 4.78 is 12.6. The van der Waals surface area contributed by atoms with Crippen molar-refractivity contribution in [2.75, 3.05) is 5.32 Å². The molecular weight excluding hydrogens is 502 g/mol. The van der Waals surface area contributed by atoms with Gasteiger partial charge in [-0.1, -0.05) is 58.4 Å². The first kappa shape index (κ1) is 24.9. The molecule has 0 saturated carbocycles. The van der Waals surface area contributed by atoms with E-state index in [-0.39, 0.29) is 5.75 Å². The van der Waals surface area contributed by atoms with Crippen molar-refractivity contribution in [1.82, 2.24) is 0 Å². The van der Waals surface area contributed by atoms with Gasteiger partial charge in [-0.15, -0.1) is 0 Å². The number of carboxylic acids is 1. The number of nitrogens with one attached hydrogen (secondary N) is 1. The Kier molecular flexibility index (Phi) is 9.11. The molecule has 3 N–H and O–H groups in total. The number of halogens is 1. The fourth-order valence-electron chi connectivity index (χ4n) is 3.27. The minimum Gasteiger partial charge on any atom is -0.508 e. The second kappa shape index (κ2) is 12.5. The van der Waals surface area contributed by atoms with E-state index in [4.69, 9.17) is 14.6 Å². The maximum Gasteiger partial charge on any atom is 0.412 e. The molecule has 0 fully saturated rings. The molecule has 0 aliphatic carbocycles. The van der Waals surface area contributed by atoms with Crippen LogP contribution in [0.3, 0.4) is 0 Å². The monoisotopic (exact) mass is 525 g/mol. The number of anilines is 1. The lowest BCUT2D eigenvalue weighted by Gasteiger charge is -2.28. The maximum atomic E-state index is 12.8. The SMILES string of the molecule is O=C(O)/C=C/CC[C@H](Oc1ccccc1)[C@@H](OC(=O)Nc1ccccc1)c1cc(Br)ccc1O. The van der Waals surface area contributed by atoms with Crippen LogP contribution in [0.2, 0.25) is 0 Å². The van der Waals surface area contributed by atoms with E-state index in [1.807, 2.05) is 24.3 Å². The fourth-order valence-corrected chi connectivity index (χ4v) is 3.65. The minimum absolute atomic E-state index is 0.0662. The normalized spacial score (nSPS) is 12.6. The Morgan fingerprint density at radius 1 is 1.00 bits per heavy atom. The van der Waals surface area contributed by atoms with Crippen molar-refractivity contribution in [3.8, 4) is 11.5 Å². The molecule has 3 aromatic rings. The summed E-state index contributed by atoms with van der Waals surface area (Å²) in [5.41, 5.74) is 0.898. The number of ether oxygens (including phenoxy) is 2. The van der Waals surface area contributed by atoms with Crippen LogP contribution in [0.25, 0.3) is 0 Å². The zero-order chi connectivity index (χ0) is 24.3. The molecule has 1 amide bonds. The Bertz CT molecular complexity index is 1120. The Hall–Kier alpha value is -3.78. The molecule has 3 aromatic carbocycles. The van der Waals surface area contributed by atoms with Crippen molar-refractivity contribution in [3.05, 3.63) is 101 Å². The highest BCUT2D eigenvalue weighted by Crippen LogP contribution is 2.35. The van der Waals surface area contributed by atoms with Gasteiger partial charge in [-0.3, -0.25) is 5.32 Å². The zero-order valence-electron chi connectivity index (χ0n) is 18.1. The lowest BCUT2D eigenvalue weighted by molar-refractivity contribution is -0.131. The van der Waals surface area contributed by atoms with Gasteiger partial charge in [0.15, 0.2) is 6.10 Å². The van der Waals surface area contributed by atoms with Gasteiger partial charge in [0.2, 0.25) is 0 Å². The number of allylic oxidation sites excluding steroid dienone is 1. The standard InChI is InChI=1S/C26H24BrNO6/c27-18-15-16-22(29)21(17-18)25(34-26(32)28-19-9-3-1-4-10-19)23(13-7-8-14-24(30)31)33-20-11-5-2-6-12-20/h1-6,8-12,14-17,23,25,29H,7,13H2,(H,28,32)(H,30,31)/b14-8+/t23-,25-/m0/s1. The van der Waals surface area contributed by atoms with Crippen molar-refractivity contribution in [2.45, 2.75) is 25.0 Å². The Labute approximate surface area is 205 Å². The molecule has 3 rings (SSSR count). The highest BCUT2D eigenvalue weighted by molar-refractivity contribution is 9.10. The van der Waals surface area contributed by atoms with Crippen LogP contribution in [0.5, 0.6) is 11.5 Å². The van der Waals surface area contributed by atoms with Gasteiger partial charge in [-0.2, -0.15) is 0 Å². The number of hydrogen-bond donors (Lipinski definition) is 3. The Morgan fingerprint density at radius 3 is 2.35 bits per heavy atom. The quantitative estimate of drug-likeness (QED) is 0.267. The van der Waals surface area contributed by atoms with E-state index >= 15 is 0 Å². The smallest absolute Gasteiger partial charge is 0.412 e. The minimum atomic E-state index is -1.06. The van der Waals surface area contributed by atoms with Gasteiger partial charge in [0.1, 0.15) is 17.6 Å². The number of carbonyl (C=O) groups is 2. The number of amides is 1. The first-order valence-electron chi connectivity index (χ1n) is 10.5. The molecule has 0 aliphatic rings. The van der Waals surface area contributed by atoms with E-state index in [1.165, 1.54) is 12.1 Å². The van der Waals surface area contributed by atoms with E-state index in [2.05, 4.69) is 21.2 Å². The van der Waals surface area contributed by atoms with Crippen LogP contribution in [0.4, 0.5) is 10.5 Å². The van der Waals surface area contributed by atoms with Crippen LogP contribution in [-0.4, -0.2) is 28.4 Å². The van der Waals surface area contributed by atoms with Crippen LogP contribution in [-0.2, 0) is 9.53 Å². The van der Waals surface area contributed by atoms with Crippen LogP contribution in [0.1, 0.15) is 24.5 Å². The van der Waals surface area contributed by atoms with Gasteiger partial charge in [-0.25, -0.2) is 9.59 Å². The second-order valence-electron chi connectivity index (χ2n) is 7.31. The number of phenolic OH excluding ortho intramolecular Hbond substituents is 1. The Balaban J connectivity index is 1.92. The summed E-state index contributed by atoms with van der Waals surface area (Å²) in [4.78, 5) is 23.7. The molecule has 0 unspecified atom stereocenters. The van der Waals surface area contributed by atoms with Gasteiger partial charge in [0.05, 0.1) is 0 Å². The number of carboxylic acid groups (broad SMARTS) is 1. The summed E-state index contributed by atoms with van der Waals surface area (Å²) >= 11 is 3.40. The molecule has 0 saturated heterocycles. The predicted molar refractivity (Wildman–Crippen MR) is 132 cm³/mol. The van der Waals surface area contributed by atoms with Gasteiger partial charge in [0.25, 0.3) is 0 Å². The highest BCUT2D eigenvalue weighted by atomic mass is 79.9. The molecule has 0 aromatic heterocycles. The average Bonchev–Trinajstić information content (AvgIpc) is 2.82. The van der Waals surface area contributed by atoms with E-state index in [1.54, 1.807) is 48.5 Å². The molecule has 0 aliphatic heterocycles. The van der Waals surface area contributed by atoms with Crippen molar-refractivity contribution in [1.29, 1.82) is 0 Å². The van der Waals surface area contributed by atoms with Crippen LogP contribution in [0, 0.1) is 0 Å². The zero-order valence-corrected chi connectivity index (χ0v) is 19.7. The summed E-state index contributed by atoms with van der Waals surface area (Å²) in [6.07, 6.45) is 0.757. The number of rotatable bonds is 10. The molecular formula is C26H24BrNO6. The fraction of sp³-hybridized carbons (Fsp3) is 0.154. The van der Waals surface area contributed by atoms with Gasteiger partial charge in [-0.05, 0) is 55.3 Å². The van der Waals surface area contributed by atoms with E-state index in [9.17, 15) is 14.7 Å². The highest BCUT2D eigenvalue weighted by Gasteiger charge is 2.31. The molecule has 8 heteroatoms. The Morgan fingerprint density at radius 2 is 1.68 bits per heavy atom. The molecule has 0 radical (unpaired) electrons. The largest absolute Gasteiger partial charge is 0.508 e. The summed E-state index contributed by atoms with van der Waals surface area (Å²) in [6.45, 7) is 0. The molecule has 34 heavy (non-hydrogen) atoms. The van der Waals surface area contributed by atoms with Crippen molar-refractivity contribution in [2.24, 2.45) is 0 Å². The second-order valence-corrected chi connectivity index (χ2v) is 8.22. The van der Waals surface area contributed by atoms with Crippen LogP contribution >= 0.6 is 15.9 Å². The molecule has 2 atom stereocenters. The van der Waals surface area contributed by atoms with E-state index in [0.29, 0.717) is 34.3 Å². The van der Waals surface area contributed by atoms with Gasteiger partial charge in [0, 0.05) is 21.8 Å². The summed E-state index contributed by atoms with van der Waals surface area (Å²) in [6, 6.07) is 22.7. The summed E-state index contributed by atoms with van der Waals surface area (Å²) in [5, 5.41) is 22.2. The topological polar surface area (TPSA) is 105 Å². The first-order chi connectivity index (χ1) is 16.4.